The van der Waals surface area contributed by atoms with Crippen LogP contribution in [0.5, 0.6) is 17.2 Å². The summed E-state index contributed by atoms with van der Waals surface area (Å²) in [5, 5.41) is 2.81. The average Bonchev–Trinajstić information content (AvgIpc) is 2.73. The van der Waals surface area contributed by atoms with Crippen molar-refractivity contribution >= 4 is 27.5 Å². The molecule has 0 spiro atoms. The monoisotopic (exact) mass is 441 g/mol. The Balaban J connectivity index is 1.47. The van der Waals surface area contributed by atoms with Crippen LogP contribution in [0.3, 0.4) is 0 Å². The van der Waals surface area contributed by atoms with Crippen LogP contribution in [0, 0.1) is 0 Å². The Bertz CT molecular complexity index is 885. The fraction of sp³-hybridized carbons (Fsp3) is 0.136. The number of hydrogen-bond acceptors (Lipinski definition) is 4. The lowest BCUT2D eigenvalue weighted by atomic mass is 10.3. The summed E-state index contributed by atoms with van der Waals surface area (Å²) < 4.78 is 17.8. The van der Waals surface area contributed by atoms with Crippen LogP contribution in [-0.4, -0.2) is 25.7 Å². The number of carbonyl (C=O) groups is 1. The number of amides is 1. The van der Waals surface area contributed by atoms with Crippen LogP contribution in [-0.2, 0) is 4.79 Å². The van der Waals surface area contributed by atoms with E-state index in [0.29, 0.717) is 30.4 Å². The van der Waals surface area contributed by atoms with Gasteiger partial charge in [-0.3, -0.25) is 4.79 Å². The van der Waals surface area contributed by atoms with E-state index >= 15 is 0 Å². The van der Waals surface area contributed by atoms with Crippen molar-refractivity contribution in [2.24, 2.45) is 0 Å². The van der Waals surface area contributed by atoms with Crippen molar-refractivity contribution in [1.82, 2.24) is 0 Å². The zero-order chi connectivity index (χ0) is 19.6. The lowest BCUT2D eigenvalue weighted by Gasteiger charge is -2.13. The number of anilines is 1. The molecule has 6 heteroatoms. The van der Waals surface area contributed by atoms with E-state index in [1.54, 1.807) is 24.3 Å². The summed E-state index contributed by atoms with van der Waals surface area (Å²) in [5.41, 5.74) is 0.589. The molecule has 0 aliphatic rings. The van der Waals surface area contributed by atoms with Crippen molar-refractivity contribution in [2.45, 2.75) is 0 Å². The van der Waals surface area contributed by atoms with Crippen LogP contribution < -0.4 is 19.5 Å². The maximum absolute atomic E-state index is 12.2. The molecule has 1 N–H and O–H groups in total. The van der Waals surface area contributed by atoms with Gasteiger partial charge in [0.2, 0.25) is 0 Å². The van der Waals surface area contributed by atoms with Crippen LogP contribution in [0.25, 0.3) is 0 Å². The van der Waals surface area contributed by atoms with Gasteiger partial charge in [-0.2, -0.15) is 0 Å². The van der Waals surface area contributed by atoms with Gasteiger partial charge in [0.1, 0.15) is 30.5 Å². The molecule has 3 aromatic rings. The van der Waals surface area contributed by atoms with Gasteiger partial charge in [0.15, 0.2) is 6.61 Å². The third kappa shape index (κ3) is 6.32. The van der Waals surface area contributed by atoms with Crippen LogP contribution in [0.1, 0.15) is 0 Å². The Labute approximate surface area is 172 Å². The minimum atomic E-state index is -0.264. The number of rotatable bonds is 9. The fourth-order valence-electron chi connectivity index (χ4n) is 2.39. The summed E-state index contributed by atoms with van der Waals surface area (Å²) in [6.07, 6.45) is 0. The van der Waals surface area contributed by atoms with Gasteiger partial charge >= 0.3 is 0 Å². The van der Waals surface area contributed by atoms with Crippen molar-refractivity contribution in [2.75, 3.05) is 25.1 Å². The lowest BCUT2D eigenvalue weighted by Crippen LogP contribution is -2.21. The minimum absolute atomic E-state index is 0.0902. The van der Waals surface area contributed by atoms with Crippen LogP contribution >= 0.6 is 15.9 Å². The molecule has 0 bridgehead atoms. The van der Waals surface area contributed by atoms with Gasteiger partial charge in [-0.25, -0.2) is 0 Å². The van der Waals surface area contributed by atoms with Gasteiger partial charge in [-0.1, -0.05) is 46.3 Å². The van der Waals surface area contributed by atoms with E-state index in [0.717, 1.165) is 10.2 Å². The number of ether oxygens (including phenoxy) is 3. The number of carbonyl (C=O) groups excluding carboxylic acids is 1. The first-order chi connectivity index (χ1) is 13.7. The predicted molar refractivity (Wildman–Crippen MR) is 112 cm³/mol. The Morgan fingerprint density at radius 3 is 2.18 bits per heavy atom. The molecule has 144 valence electrons. The average molecular weight is 442 g/mol. The highest BCUT2D eigenvalue weighted by Crippen LogP contribution is 2.24. The highest BCUT2D eigenvalue weighted by molar-refractivity contribution is 9.10. The van der Waals surface area contributed by atoms with Gasteiger partial charge in [0.25, 0.3) is 5.91 Å². The zero-order valence-corrected chi connectivity index (χ0v) is 16.7. The Morgan fingerprint density at radius 1 is 0.750 bits per heavy atom. The van der Waals surface area contributed by atoms with Gasteiger partial charge in [-0.05, 0) is 48.5 Å². The lowest BCUT2D eigenvalue weighted by molar-refractivity contribution is -0.118. The summed E-state index contributed by atoms with van der Waals surface area (Å²) in [7, 11) is 0. The second-order valence-electron chi connectivity index (χ2n) is 5.80. The predicted octanol–water partition coefficient (Wildman–Crippen LogP) is 4.92. The molecule has 0 radical (unpaired) electrons. The quantitative estimate of drug-likeness (QED) is 0.478. The van der Waals surface area contributed by atoms with E-state index in [1.165, 1.54) is 0 Å². The summed E-state index contributed by atoms with van der Waals surface area (Å²) in [4.78, 5) is 12.2. The fourth-order valence-corrected chi connectivity index (χ4v) is 2.65. The maximum Gasteiger partial charge on any atom is 0.262 e. The number of benzene rings is 3. The van der Waals surface area contributed by atoms with Gasteiger partial charge in [0, 0.05) is 4.47 Å². The summed E-state index contributed by atoms with van der Waals surface area (Å²) in [6, 6.07) is 24.1. The first-order valence-electron chi connectivity index (χ1n) is 8.78. The van der Waals surface area contributed by atoms with Crippen LogP contribution in [0.2, 0.25) is 0 Å². The van der Waals surface area contributed by atoms with E-state index in [1.807, 2.05) is 54.6 Å². The molecule has 5 nitrogen and oxygen atoms in total. The smallest absolute Gasteiger partial charge is 0.262 e. The topological polar surface area (TPSA) is 56.8 Å². The second kappa shape index (κ2) is 10.4. The SMILES string of the molecule is O=C(COc1ccc(Br)cc1)Nc1ccccc1OCCOc1ccccc1. The Morgan fingerprint density at radius 2 is 1.39 bits per heavy atom. The van der Waals surface area contributed by atoms with Crippen molar-refractivity contribution in [3.05, 3.63) is 83.3 Å². The molecular weight excluding hydrogens is 422 g/mol. The second-order valence-corrected chi connectivity index (χ2v) is 6.71. The molecule has 0 aliphatic heterocycles. The molecule has 0 unspecified atom stereocenters. The molecule has 0 atom stereocenters. The molecule has 0 aromatic heterocycles. The van der Waals surface area contributed by atoms with Crippen molar-refractivity contribution < 1.29 is 19.0 Å². The number of para-hydroxylation sites is 3. The van der Waals surface area contributed by atoms with Crippen LogP contribution in [0.4, 0.5) is 5.69 Å². The number of nitrogens with one attached hydrogen (secondary N) is 1. The first-order valence-corrected chi connectivity index (χ1v) is 9.58. The van der Waals surface area contributed by atoms with Gasteiger partial charge in [-0.15, -0.1) is 0 Å². The van der Waals surface area contributed by atoms with Crippen LogP contribution in [0.15, 0.2) is 83.3 Å². The van der Waals surface area contributed by atoms with E-state index in [-0.39, 0.29) is 12.5 Å². The molecule has 0 saturated heterocycles. The molecular formula is C22H20BrNO4. The molecule has 0 saturated carbocycles. The normalized spacial score (nSPS) is 10.2. The highest BCUT2D eigenvalue weighted by atomic mass is 79.9. The van der Waals surface area contributed by atoms with Crippen molar-refractivity contribution in [1.29, 1.82) is 0 Å². The third-order valence-electron chi connectivity index (χ3n) is 3.70. The van der Waals surface area contributed by atoms with Crippen molar-refractivity contribution in [3.8, 4) is 17.2 Å². The summed E-state index contributed by atoms with van der Waals surface area (Å²) in [6.45, 7) is 0.670. The molecule has 0 heterocycles. The third-order valence-corrected chi connectivity index (χ3v) is 4.23. The number of halogens is 1. The standard InChI is InChI=1S/C22H20BrNO4/c23-17-10-12-19(13-11-17)28-16-22(25)24-20-8-4-5-9-21(20)27-15-14-26-18-6-2-1-3-7-18/h1-13H,14-16H2,(H,24,25). The Hall–Kier alpha value is -2.99. The molecule has 28 heavy (non-hydrogen) atoms. The van der Waals surface area contributed by atoms with E-state index < -0.39 is 0 Å². The van der Waals surface area contributed by atoms with Crippen molar-refractivity contribution in [3.63, 3.8) is 0 Å². The first kappa shape index (κ1) is 19.8. The van der Waals surface area contributed by atoms with E-state index in [9.17, 15) is 4.79 Å². The largest absolute Gasteiger partial charge is 0.490 e. The summed E-state index contributed by atoms with van der Waals surface area (Å²) in [5.74, 6) is 1.73. The van der Waals surface area contributed by atoms with Gasteiger partial charge < -0.3 is 19.5 Å². The van der Waals surface area contributed by atoms with E-state index in [4.69, 9.17) is 14.2 Å². The number of hydrogen-bond donors (Lipinski definition) is 1. The molecule has 0 aliphatic carbocycles. The molecule has 3 aromatic carbocycles. The van der Waals surface area contributed by atoms with E-state index in [2.05, 4.69) is 21.2 Å². The Kier molecular flexibility index (Phi) is 7.32. The zero-order valence-electron chi connectivity index (χ0n) is 15.1. The minimum Gasteiger partial charge on any atom is -0.490 e. The molecule has 3 rings (SSSR count). The summed E-state index contributed by atoms with van der Waals surface area (Å²) >= 11 is 3.36. The maximum atomic E-state index is 12.2. The highest BCUT2D eigenvalue weighted by Gasteiger charge is 2.08. The molecule has 0 fully saturated rings. The van der Waals surface area contributed by atoms with Gasteiger partial charge in [0.05, 0.1) is 5.69 Å². The molecule has 1 amide bonds.